The van der Waals surface area contributed by atoms with Crippen LogP contribution in [-0.4, -0.2) is 0 Å². The van der Waals surface area contributed by atoms with Crippen LogP contribution in [0.2, 0.25) is 5.02 Å². The highest BCUT2D eigenvalue weighted by Gasteiger charge is 2.17. The second kappa shape index (κ2) is 5.88. The molecule has 0 unspecified atom stereocenters. The second-order valence-corrected chi connectivity index (χ2v) is 5.94. The molecule has 4 aromatic rings. The molecule has 0 N–H and O–H groups in total. The molecule has 24 heavy (non-hydrogen) atoms. The van der Waals surface area contributed by atoms with Crippen molar-refractivity contribution < 1.29 is 4.42 Å². The number of nitriles is 1. The van der Waals surface area contributed by atoms with Crippen LogP contribution < -0.4 is 0 Å². The zero-order valence-electron chi connectivity index (χ0n) is 12.7. The molecule has 0 amide bonds. The standard InChI is InChI=1S/C21H12ClNO/c22-17-10-11-19-18(12-17)20(15-4-2-1-3-5-15)21(24-19)16-8-6-14(13-23)7-9-16/h1-12H. The molecule has 0 bridgehead atoms. The van der Waals surface area contributed by atoms with Gasteiger partial charge in [0.05, 0.1) is 11.6 Å². The minimum absolute atomic E-state index is 0.624. The number of halogens is 1. The molecule has 1 aromatic heterocycles. The SMILES string of the molecule is N#Cc1ccc(-c2oc3ccc(Cl)cc3c2-c2ccccc2)cc1. The van der Waals surface area contributed by atoms with Gasteiger partial charge in [-0.2, -0.15) is 5.26 Å². The molecule has 1 heterocycles. The van der Waals surface area contributed by atoms with Gasteiger partial charge in [0, 0.05) is 21.5 Å². The maximum Gasteiger partial charge on any atom is 0.143 e. The maximum absolute atomic E-state index is 8.99. The first-order valence-electron chi connectivity index (χ1n) is 7.54. The van der Waals surface area contributed by atoms with E-state index >= 15 is 0 Å². The normalized spacial score (nSPS) is 10.7. The molecule has 0 saturated heterocycles. The van der Waals surface area contributed by atoms with Gasteiger partial charge in [0.25, 0.3) is 0 Å². The van der Waals surface area contributed by atoms with Crippen LogP contribution in [0.25, 0.3) is 33.4 Å². The highest BCUT2D eigenvalue weighted by atomic mass is 35.5. The first-order valence-corrected chi connectivity index (χ1v) is 7.92. The fourth-order valence-corrected chi connectivity index (χ4v) is 3.03. The lowest BCUT2D eigenvalue weighted by Crippen LogP contribution is -1.82. The van der Waals surface area contributed by atoms with Gasteiger partial charge in [-0.25, -0.2) is 0 Å². The Morgan fingerprint density at radius 2 is 1.58 bits per heavy atom. The third-order valence-corrected chi connectivity index (χ3v) is 4.22. The average molecular weight is 330 g/mol. The van der Waals surface area contributed by atoms with E-state index < -0.39 is 0 Å². The summed E-state index contributed by atoms with van der Waals surface area (Å²) in [6.45, 7) is 0. The molecule has 3 aromatic carbocycles. The fraction of sp³-hybridized carbons (Fsp3) is 0. The number of fused-ring (bicyclic) bond motifs is 1. The Kier molecular flexibility index (Phi) is 3.57. The van der Waals surface area contributed by atoms with Gasteiger partial charge in [0.2, 0.25) is 0 Å². The van der Waals surface area contributed by atoms with Gasteiger partial charge in [-0.05, 0) is 48.0 Å². The molecular weight excluding hydrogens is 318 g/mol. The first kappa shape index (κ1) is 14.6. The Labute approximate surface area is 144 Å². The highest BCUT2D eigenvalue weighted by molar-refractivity contribution is 6.31. The average Bonchev–Trinajstić information content (AvgIpc) is 3.01. The van der Waals surface area contributed by atoms with Crippen LogP contribution in [-0.2, 0) is 0 Å². The van der Waals surface area contributed by atoms with Crippen molar-refractivity contribution in [2.24, 2.45) is 0 Å². The molecule has 114 valence electrons. The van der Waals surface area contributed by atoms with Crippen molar-refractivity contribution in [2.45, 2.75) is 0 Å². The molecule has 0 saturated carbocycles. The van der Waals surface area contributed by atoms with Crippen molar-refractivity contribution in [3.8, 4) is 28.5 Å². The number of rotatable bonds is 2. The summed E-state index contributed by atoms with van der Waals surface area (Å²) in [5.41, 5.74) is 4.42. The summed E-state index contributed by atoms with van der Waals surface area (Å²) in [5.74, 6) is 0.781. The van der Waals surface area contributed by atoms with E-state index in [2.05, 4.69) is 18.2 Å². The van der Waals surface area contributed by atoms with Crippen LogP contribution >= 0.6 is 11.6 Å². The van der Waals surface area contributed by atoms with Gasteiger partial charge in [-0.3, -0.25) is 0 Å². The Hall–Kier alpha value is -3.02. The third kappa shape index (κ3) is 2.46. The molecule has 0 aliphatic carbocycles. The lowest BCUT2D eigenvalue weighted by molar-refractivity contribution is 0.632. The summed E-state index contributed by atoms with van der Waals surface area (Å²) < 4.78 is 6.13. The summed E-state index contributed by atoms with van der Waals surface area (Å²) in [6, 6.07) is 25.3. The summed E-state index contributed by atoms with van der Waals surface area (Å²) >= 11 is 6.20. The number of benzene rings is 3. The van der Waals surface area contributed by atoms with Crippen LogP contribution in [0.4, 0.5) is 0 Å². The zero-order valence-corrected chi connectivity index (χ0v) is 13.4. The number of nitrogens with zero attached hydrogens (tertiary/aromatic N) is 1. The van der Waals surface area contributed by atoms with E-state index in [9.17, 15) is 0 Å². The molecule has 0 spiro atoms. The second-order valence-electron chi connectivity index (χ2n) is 5.50. The van der Waals surface area contributed by atoms with Crippen molar-refractivity contribution in [3.63, 3.8) is 0 Å². The molecular formula is C21H12ClNO. The van der Waals surface area contributed by atoms with Crippen molar-refractivity contribution in [2.75, 3.05) is 0 Å². The number of hydrogen-bond donors (Lipinski definition) is 0. The molecule has 0 aliphatic rings. The van der Waals surface area contributed by atoms with Crippen molar-refractivity contribution >= 4 is 22.6 Å². The van der Waals surface area contributed by atoms with Crippen LogP contribution in [0.3, 0.4) is 0 Å². The summed E-state index contributed by atoms with van der Waals surface area (Å²) in [5, 5.41) is 10.6. The highest BCUT2D eigenvalue weighted by Crippen LogP contribution is 2.41. The molecule has 0 fully saturated rings. The molecule has 0 radical (unpaired) electrons. The minimum Gasteiger partial charge on any atom is -0.455 e. The van der Waals surface area contributed by atoms with Gasteiger partial charge in [-0.15, -0.1) is 0 Å². The van der Waals surface area contributed by atoms with Crippen molar-refractivity contribution in [1.29, 1.82) is 5.26 Å². The lowest BCUT2D eigenvalue weighted by atomic mass is 9.98. The van der Waals surface area contributed by atoms with E-state index in [0.29, 0.717) is 10.6 Å². The van der Waals surface area contributed by atoms with Crippen LogP contribution in [0.15, 0.2) is 77.2 Å². The third-order valence-electron chi connectivity index (χ3n) is 3.99. The lowest BCUT2D eigenvalue weighted by Gasteiger charge is -2.04. The van der Waals surface area contributed by atoms with Crippen molar-refractivity contribution in [3.05, 3.63) is 83.4 Å². The van der Waals surface area contributed by atoms with E-state index in [1.807, 2.05) is 48.5 Å². The zero-order chi connectivity index (χ0) is 16.5. The largest absolute Gasteiger partial charge is 0.455 e. The Bertz CT molecular complexity index is 1060. The van der Waals surface area contributed by atoms with Gasteiger partial charge in [0.15, 0.2) is 0 Å². The van der Waals surface area contributed by atoms with Gasteiger partial charge < -0.3 is 4.42 Å². The summed E-state index contributed by atoms with van der Waals surface area (Å²) in [7, 11) is 0. The monoisotopic (exact) mass is 329 g/mol. The minimum atomic E-state index is 0.624. The molecule has 2 nitrogen and oxygen atoms in total. The first-order chi connectivity index (χ1) is 11.8. The van der Waals surface area contributed by atoms with Gasteiger partial charge in [0.1, 0.15) is 11.3 Å². The number of hydrogen-bond acceptors (Lipinski definition) is 2. The Morgan fingerprint density at radius 3 is 2.29 bits per heavy atom. The predicted octanol–water partition coefficient (Wildman–Crippen LogP) is 6.29. The van der Waals surface area contributed by atoms with E-state index in [4.69, 9.17) is 21.3 Å². The summed E-state index contributed by atoms with van der Waals surface area (Å²) in [4.78, 5) is 0. The van der Waals surface area contributed by atoms with Crippen molar-refractivity contribution in [1.82, 2.24) is 0 Å². The fourth-order valence-electron chi connectivity index (χ4n) is 2.86. The Balaban J connectivity index is 2.02. The van der Waals surface area contributed by atoms with Crippen LogP contribution in [0, 0.1) is 11.3 Å². The molecule has 0 atom stereocenters. The molecule has 0 aliphatic heterocycles. The Morgan fingerprint density at radius 1 is 0.833 bits per heavy atom. The molecule has 3 heteroatoms. The maximum atomic E-state index is 8.99. The smallest absolute Gasteiger partial charge is 0.143 e. The predicted molar refractivity (Wildman–Crippen MR) is 96.8 cm³/mol. The van der Waals surface area contributed by atoms with E-state index in [0.717, 1.165) is 33.4 Å². The van der Waals surface area contributed by atoms with E-state index in [1.54, 1.807) is 12.1 Å². The van der Waals surface area contributed by atoms with E-state index in [1.165, 1.54) is 0 Å². The van der Waals surface area contributed by atoms with Gasteiger partial charge in [-0.1, -0.05) is 41.9 Å². The number of furan rings is 1. The summed E-state index contributed by atoms with van der Waals surface area (Å²) in [6.07, 6.45) is 0. The quantitative estimate of drug-likeness (QED) is 0.433. The van der Waals surface area contributed by atoms with Gasteiger partial charge >= 0.3 is 0 Å². The van der Waals surface area contributed by atoms with Crippen LogP contribution in [0.5, 0.6) is 0 Å². The molecule has 4 rings (SSSR count). The van der Waals surface area contributed by atoms with E-state index in [-0.39, 0.29) is 0 Å². The topological polar surface area (TPSA) is 36.9 Å². The van der Waals surface area contributed by atoms with Crippen LogP contribution in [0.1, 0.15) is 5.56 Å².